The summed E-state index contributed by atoms with van der Waals surface area (Å²) >= 11 is 0. The van der Waals surface area contributed by atoms with Gasteiger partial charge in [-0.3, -0.25) is 14.5 Å². The topological polar surface area (TPSA) is 127 Å². The molecule has 1 atom stereocenters. The minimum Gasteiger partial charge on any atom is -0.492 e. The SMILES string of the molecule is NC1=NS(=O)(=O)Nc2cccc(OCC3CCCN(C(=O)Cc4cccnc4)C3)c21. The summed E-state index contributed by atoms with van der Waals surface area (Å²) in [6.45, 7) is 1.75. The Hall–Kier alpha value is -3.14. The molecule has 10 heteroatoms. The maximum absolute atomic E-state index is 12.6. The van der Waals surface area contributed by atoms with Gasteiger partial charge in [-0.05, 0) is 36.6 Å². The number of aromatic nitrogens is 1. The standard InChI is InChI=1S/C20H23N5O4S/c21-20-19-16(23-30(27,28)24-20)6-1-7-17(19)29-13-15-5-3-9-25(12-15)18(26)10-14-4-2-8-22-11-14/h1-2,4,6-8,11,15,23H,3,5,9-10,12-13H2,(H2,21,24). The molecule has 2 aromatic rings. The molecule has 30 heavy (non-hydrogen) atoms. The summed E-state index contributed by atoms with van der Waals surface area (Å²) < 4.78 is 35.3. The van der Waals surface area contributed by atoms with Crippen molar-refractivity contribution in [3.8, 4) is 5.75 Å². The monoisotopic (exact) mass is 429 g/mol. The maximum atomic E-state index is 12.6. The average molecular weight is 430 g/mol. The molecule has 1 aromatic carbocycles. The minimum atomic E-state index is -3.83. The first-order valence-corrected chi connectivity index (χ1v) is 11.2. The molecule has 9 nitrogen and oxygen atoms in total. The van der Waals surface area contributed by atoms with Crippen molar-refractivity contribution in [1.29, 1.82) is 0 Å². The third-order valence-electron chi connectivity index (χ3n) is 5.16. The third-order valence-corrected chi connectivity index (χ3v) is 6.08. The van der Waals surface area contributed by atoms with E-state index in [9.17, 15) is 13.2 Å². The Kier molecular flexibility index (Phi) is 5.58. The van der Waals surface area contributed by atoms with E-state index in [2.05, 4.69) is 14.1 Å². The van der Waals surface area contributed by atoms with Crippen LogP contribution in [0.1, 0.15) is 24.0 Å². The smallest absolute Gasteiger partial charge is 0.344 e. The second kappa shape index (κ2) is 8.31. The summed E-state index contributed by atoms with van der Waals surface area (Å²) in [5.74, 6) is 0.618. The number of anilines is 1. The predicted octanol–water partition coefficient (Wildman–Crippen LogP) is 1.32. The number of piperidine rings is 1. The Labute approximate surface area is 175 Å². The van der Waals surface area contributed by atoms with Gasteiger partial charge >= 0.3 is 10.2 Å². The lowest BCUT2D eigenvalue weighted by atomic mass is 9.98. The fourth-order valence-electron chi connectivity index (χ4n) is 3.76. The Balaban J connectivity index is 1.40. The zero-order valence-electron chi connectivity index (χ0n) is 16.3. The highest BCUT2D eigenvalue weighted by Crippen LogP contribution is 2.31. The van der Waals surface area contributed by atoms with Gasteiger partial charge in [-0.1, -0.05) is 12.1 Å². The van der Waals surface area contributed by atoms with Crippen molar-refractivity contribution in [2.45, 2.75) is 19.3 Å². The van der Waals surface area contributed by atoms with Crippen molar-refractivity contribution < 1.29 is 17.9 Å². The van der Waals surface area contributed by atoms with E-state index in [-0.39, 0.29) is 17.7 Å². The molecule has 0 bridgehead atoms. The van der Waals surface area contributed by atoms with Gasteiger partial charge in [0.15, 0.2) is 5.84 Å². The van der Waals surface area contributed by atoms with Crippen LogP contribution in [-0.2, 0) is 21.4 Å². The number of ether oxygens (including phenoxy) is 1. The fraction of sp³-hybridized carbons (Fsp3) is 0.350. The Morgan fingerprint density at radius 2 is 2.17 bits per heavy atom. The van der Waals surface area contributed by atoms with Crippen LogP contribution in [0.3, 0.4) is 0 Å². The normalized spacial score (nSPS) is 19.9. The second-order valence-corrected chi connectivity index (χ2v) is 8.77. The fourth-order valence-corrected chi connectivity index (χ4v) is 4.61. The van der Waals surface area contributed by atoms with Crippen molar-refractivity contribution in [3.63, 3.8) is 0 Å². The Morgan fingerprint density at radius 1 is 1.30 bits per heavy atom. The zero-order valence-corrected chi connectivity index (χ0v) is 17.1. The van der Waals surface area contributed by atoms with E-state index in [4.69, 9.17) is 10.5 Å². The van der Waals surface area contributed by atoms with Crippen LogP contribution in [0.5, 0.6) is 5.75 Å². The molecule has 0 saturated carbocycles. The maximum Gasteiger partial charge on any atom is 0.344 e. The second-order valence-electron chi connectivity index (χ2n) is 7.43. The number of fused-ring (bicyclic) bond motifs is 1. The van der Waals surface area contributed by atoms with Crippen molar-refractivity contribution in [1.82, 2.24) is 9.88 Å². The van der Waals surface area contributed by atoms with Gasteiger partial charge in [0, 0.05) is 31.4 Å². The van der Waals surface area contributed by atoms with Gasteiger partial charge in [-0.25, -0.2) is 0 Å². The number of nitrogens with zero attached hydrogens (tertiary/aromatic N) is 3. The first-order chi connectivity index (χ1) is 14.4. The number of amidine groups is 1. The Bertz CT molecular complexity index is 1070. The van der Waals surface area contributed by atoms with Crippen LogP contribution >= 0.6 is 0 Å². The number of rotatable bonds is 5. The molecule has 2 aliphatic heterocycles. The number of likely N-dealkylation sites (tertiary alicyclic amines) is 1. The number of hydrogen-bond donors (Lipinski definition) is 2. The predicted molar refractivity (Wildman–Crippen MR) is 112 cm³/mol. The molecule has 158 valence electrons. The van der Waals surface area contributed by atoms with Crippen LogP contribution in [0.15, 0.2) is 47.1 Å². The summed E-state index contributed by atoms with van der Waals surface area (Å²) in [6.07, 6.45) is 5.58. The number of hydrogen-bond acceptors (Lipinski definition) is 6. The highest BCUT2D eigenvalue weighted by atomic mass is 32.2. The van der Waals surface area contributed by atoms with Crippen LogP contribution in [0.4, 0.5) is 5.69 Å². The first-order valence-electron chi connectivity index (χ1n) is 9.72. The number of amides is 1. The van der Waals surface area contributed by atoms with Gasteiger partial charge in [0.1, 0.15) is 5.75 Å². The number of carbonyl (C=O) groups is 1. The molecular formula is C20H23N5O4S. The molecular weight excluding hydrogens is 406 g/mol. The number of nitrogens with one attached hydrogen (secondary N) is 1. The molecule has 1 unspecified atom stereocenters. The molecule has 1 fully saturated rings. The highest BCUT2D eigenvalue weighted by molar-refractivity contribution is 7.91. The van der Waals surface area contributed by atoms with Gasteiger partial charge in [0.25, 0.3) is 0 Å². The molecule has 1 saturated heterocycles. The lowest BCUT2D eigenvalue weighted by molar-refractivity contribution is -0.132. The molecule has 1 amide bonds. The highest BCUT2D eigenvalue weighted by Gasteiger charge is 2.27. The average Bonchev–Trinajstić information content (AvgIpc) is 2.72. The van der Waals surface area contributed by atoms with Crippen molar-refractivity contribution in [2.24, 2.45) is 16.0 Å². The molecule has 0 spiro atoms. The molecule has 3 N–H and O–H groups in total. The van der Waals surface area contributed by atoms with Gasteiger partial charge in [-0.2, -0.15) is 8.42 Å². The molecule has 2 aliphatic rings. The van der Waals surface area contributed by atoms with Gasteiger partial charge in [0.05, 0.1) is 24.3 Å². The van der Waals surface area contributed by atoms with Gasteiger partial charge in [0.2, 0.25) is 5.91 Å². The summed E-state index contributed by atoms with van der Waals surface area (Å²) in [6, 6.07) is 8.76. The van der Waals surface area contributed by atoms with E-state index in [1.807, 2.05) is 17.0 Å². The number of carbonyl (C=O) groups excluding carboxylic acids is 1. The summed E-state index contributed by atoms with van der Waals surface area (Å²) in [4.78, 5) is 18.6. The van der Waals surface area contributed by atoms with Gasteiger partial charge in [-0.15, -0.1) is 4.40 Å². The zero-order chi connectivity index (χ0) is 21.1. The third kappa shape index (κ3) is 4.54. The van der Waals surface area contributed by atoms with Crippen LogP contribution < -0.4 is 15.2 Å². The van der Waals surface area contributed by atoms with E-state index in [0.717, 1.165) is 24.9 Å². The number of nitrogens with two attached hydrogens (primary N) is 1. The quantitative estimate of drug-likeness (QED) is 0.738. The van der Waals surface area contributed by atoms with Crippen LogP contribution in [0, 0.1) is 5.92 Å². The minimum absolute atomic E-state index is 0.0792. The largest absolute Gasteiger partial charge is 0.492 e. The molecule has 0 radical (unpaired) electrons. The molecule has 3 heterocycles. The van der Waals surface area contributed by atoms with Crippen molar-refractivity contribution in [3.05, 3.63) is 53.9 Å². The lowest BCUT2D eigenvalue weighted by Gasteiger charge is -2.33. The van der Waals surface area contributed by atoms with E-state index in [1.165, 1.54) is 0 Å². The van der Waals surface area contributed by atoms with E-state index < -0.39 is 10.2 Å². The van der Waals surface area contributed by atoms with Crippen LogP contribution in [0.25, 0.3) is 0 Å². The van der Waals surface area contributed by atoms with E-state index >= 15 is 0 Å². The first kappa shape index (κ1) is 20.1. The van der Waals surface area contributed by atoms with E-state index in [0.29, 0.717) is 36.6 Å². The summed E-state index contributed by atoms with van der Waals surface area (Å²) in [7, 11) is -3.83. The number of benzene rings is 1. The molecule has 0 aliphatic carbocycles. The van der Waals surface area contributed by atoms with E-state index in [1.54, 1.807) is 30.6 Å². The molecule has 1 aromatic heterocycles. The van der Waals surface area contributed by atoms with Crippen LogP contribution in [-0.4, -0.2) is 49.7 Å². The van der Waals surface area contributed by atoms with Crippen molar-refractivity contribution in [2.75, 3.05) is 24.4 Å². The summed E-state index contributed by atoms with van der Waals surface area (Å²) in [5, 5.41) is 0. The van der Waals surface area contributed by atoms with Gasteiger partial charge < -0.3 is 15.4 Å². The number of pyridine rings is 1. The Morgan fingerprint density at radius 3 is 2.97 bits per heavy atom. The lowest BCUT2D eigenvalue weighted by Crippen LogP contribution is -2.42. The van der Waals surface area contributed by atoms with Crippen LogP contribution in [0.2, 0.25) is 0 Å². The molecule has 4 rings (SSSR count). The summed E-state index contributed by atoms with van der Waals surface area (Å²) in [5.41, 5.74) is 7.54. The van der Waals surface area contributed by atoms with Crippen molar-refractivity contribution >= 4 is 27.6 Å².